The van der Waals surface area contributed by atoms with E-state index in [-0.39, 0.29) is 54.4 Å². The third-order valence-electron chi connectivity index (χ3n) is 14.2. The average molecular weight is 858 g/mol. The van der Waals surface area contributed by atoms with Gasteiger partial charge >= 0.3 is 5.97 Å². The van der Waals surface area contributed by atoms with Gasteiger partial charge < -0.3 is 24.8 Å². The number of ether oxygens (including phenoxy) is 1. The topological polar surface area (TPSA) is 138 Å². The first-order chi connectivity index (χ1) is 30.2. The Labute approximate surface area is 372 Å². The summed E-state index contributed by atoms with van der Waals surface area (Å²) in [6.45, 7) is 15.6. The Morgan fingerprint density at radius 2 is 1.78 bits per heavy atom. The monoisotopic (exact) mass is 858 g/mol. The van der Waals surface area contributed by atoms with Crippen molar-refractivity contribution in [2.45, 2.75) is 123 Å². The minimum atomic E-state index is -0.961. The highest BCUT2D eigenvalue weighted by molar-refractivity contribution is 5.96. The molecule has 1 aliphatic carbocycles. The number of benzene rings is 2. The SMILES string of the molecule is CCn1c(-c2cccnc2C(C)C)c2c3cc(ccc31)-c1cccc(c1)C[C@H](NC(=O)[C@H](C1CCCC1)N(C)C(=O)[C@H]1CNC[C@H]1C)C(=O)N1CCC[C@H](N1)C(=O)OCC(C)(C)C2. The molecular weight excluding hydrogens is 791 g/mol. The van der Waals surface area contributed by atoms with Gasteiger partial charge in [0.1, 0.15) is 18.1 Å². The number of hydrazine groups is 1. The van der Waals surface area contributed by atoms with Crippen molar-refractivity contribution in [1.82, 2.24) is 35.5 Å². The molecule has 0 unspecified atom stereocenters. The van der Waals surface area contributed by atoms with Crippen LogP contribution in [0.3, 0.4) is 0 Å². The molecule has 12 heteroatoms. The third kappa shape index (κ3) is 9.16. The first kappa shape index (κ1) is 44.5. The molecule has 2 aromatic heterocycles. The molecule has 4 aromatic rings. The van der Waals surface area contributed by atoms with E-state index < -0.39 is 29.5 Å². The lowest BCUT2D eigenvalue weighted by molar-refractivity contribution is -0.155. The molecule has 3 amide bonds. The maximum atomic E-state index is 14.8. The van der Waals surface area contributed by atoms with Crippen LogP contribution in [-0.2, 0) is 43.3 Å². The zero-order valence-electron chi connectivity index (χ0n) is 38.3. The van der Waals surface area contributed by atoms with Gasteiger partial charge in [-0.15, -0.1) is 0 Å². The van der Waals surface area contributed by atoms with Crippen molar-refractivity contribution < 1.29 is 23.9 Å². The largest absolute Gasteiger partial charge is 0.464 e. The quantitative estimate of drug-likeness (QED) is 0.161. The van der Waals surface area contributed by atoms with Crippen LogP contribution in [0.1, 0.15) is 103 Å². The van der Waals surface area contributed by atoms with Gasteiger partial charge in [0.2, 0.25) is 11.8 Å². The summed E-state index contributed by atoms with van der Waals surface area (Å²) in [7, 11) is 1.76. The number of nitrogens with zero attached hydrogens (tertiary/aromatic N) is 4. The summed E-state index contributed by atoms with van der Waals surface area (Å²) in [4.78, 5) is 64.0. The Balaban J connectivity index is 1.21. The molecule has 63 heavy (non-hydrogen) atoms. The zero-order valence-corrected chi connectivity index (χ0v) is 38.3. The van der Waals surface area contributed by atoms with E-state index >= 15 is 0 Å². The van der Waals surface area contributed by atoms with Crippen molar-refractivity contribution in [3.05, 3.63) is 77.6 Å². The van der Waals surface area contributed by atoms with Gasteiger partial charge in [0.15, 0.2) is 0 Å². The van der Waals surface area contributed by atoms with Crippen LogP contribution in [0, 0.1) is 23.2 Å². The average Bonchev–Trinajstić information content (AvgIpc) is 4.04. The lowest BCUT2D eigenvalue weighted by Crippen LogP contribution is -2.62. The van der Waals surface area contributed by atoms with Gasteiger partial charge in [0, 0.05) is 61.2 Å². The van der Waals surface area contributed by atoms with E-state index in [9.17, 15) is 19.2 Å². The number of carbonyl (C=O) groups excluding carboxylic acids is 4. The standard InChI is InChI=1S/C51H67N7O5/c1-8-57-43-21-20-36-26-38(43)39(46(57)37-18-12-22-53-44(37)31(2)3)27-51(5,6)30-63-50(62)41-19-13-23-58(55-41)49(61)42(25-33-14-11-17-35(36)24-33)54-47(59)45(34-15-9-10-16-34)56(7)48(60)40-29-52-28-32(40)4/h11-12,14,17-18,20-22,24,26,31-32,34,40-42,45,52,55H,8-10,13,15-16,19,23,25,27-30H2,1-7H3,(H,54,59)/t32-,40+,41+,42+,45+/m1/s1. The van der Waals surface area contributed by atoms with Crippen molar-refractivity contribution in [2.75, 3.05) is 33.3 Å². The van der Waals surface area contributed by atoms with E-state index in [1.807, 2.05) is 24.4 Å². The van der Waals surface area contributed by atoms with Crippen LogP contribution in [0.2, 0.25) is 0 Å². The Bertz CT molecular complexity index is 2350. The number of esters is 1. The maximum absolute atomic E-state index is 14.8. The van der Waals surface area contributed by atoms with Gasteiger partial charge in [-0.25, -0.2) is 5.43 Å². The van der Waals surface area contributed by atoms with Crippen molar-refractivity contribution in [2.24, 2.45) is 23.2 Å². The van der Waals surface area contributed by atoms with Gasteiger partial charge in [-0.05, 0) is 110 Å². The van der Waals surface area contributed by atoms with Crippen molar-refractivity contribution in [1.29, 1.82) is 0 Å². The second kappa shape index (κ2) is 18.6. The molecule has 3 fully saturated rings. The first-order valence-electron chi connectivity index (χ1n) is 23.5. The molecule has 8 rings (SSSR count). The fraction of sp³-hybridized carbons (Fsp3) is 0.549. The van der Waals surface area contributed by atoms with Gasteiger partial charge in [-0.1, -0.05) is 77.8 Å². The molecule has 0 radical (unpaired) electrons. The van der Waals surface area contributed by atoms with E-state index in [1.54, 1.807) is 11.9 Å². The van der Waals surface area contributed by atoms with E-state index in [0.717, 1.165) is 83.3 Å². The number of hydrogen-bond donors (Lipinski definition) is 3. The third-order valence-corrected chi connectivity index (χ3v) is 14.2. The number of hydrogen-bond acceptors (Lipinski definition) is 8. The molecule has 12 nitrogen and oxygen atoms in total. The maximum Gasteiger partial charge on any atom is 0.324 e. The minimum absolute atomic E-state index is 0.00390. The summed E-state index contributed by atoms with van der Waals surface area (Å²) in [6.07, 6.45) is 7.55. The van der Waals surface area contributed by atoms with Crippen molar-refractivity contribution in [3.8, 4) is 22.4 Å². The number of fused-ring (bicyclic) bond motifs is 6. The number of likely N-dealkylation sites (N-methyl/N-ethyl adjacent to an activating group) is 1. The Morgan fingerprint density at radius 1 is 1.00 bits per heavy atom. The number of amides is 3. The number of nitrogens with one attached hydrogen (secondary N) is 3. The van der Waals surface area contributed by atoms with E-state index in [4.69, 9.17) is 9.72 Å². The summed E-state index contributed by atoms with van der Waals surface area (Å²) in [5.74, 6) is -0.909. The predicted molar refractivity (Wildman–Crippen MR) is 246 cm³/mol. The summed E-state index contributed by atoms with van der Waals surface area (Å²) >= 11 is 0. The van der Waals surface area contributed by atoms with Crippen LogP contribution in [0.5, 0.6) is 0 Å². The number of aromatic nitrogens is 2. The fourth-order valence-corrected chi connectivity index (χ4v) is 10.8. The molecule has 2 aromatic carbocycles. The number of pyridine rings is 1. The molecule has 1 saturated carbocycles. The number of carbonyl (C=O) groups is 4. The minimum Gasteiger partial charge on any atom is -0.464 e. The van der Waals surface area contributed by atoms with Crippen LogP contribution in [-0.4, -0.2) is 94.6 Å². The Kier molecular flexibility index (Phi) is 13.1. The second-order valence-corrected chi connectivity index (χ2v) is 19.8. The zero-order chi connectivity index (χ0) is 44.6. The number of aryl methyl sites for hydroxylation is 1. The van der Waals surface area contributed by atoms with Gasteiger partial charge in [-0.2, -0.15) is 0 Å². The molecular formula is C51H67N7O5. The van der Waals surface area contributed by atoms with E-state index in [2.05, 4.69) is 98.6 Å². The molecule has 4 aliphatic rings. The molecule has 3 aliphatic heterocycles. The number of cyclic esters (lactones) is 1. The molecule has 2 saturated heterocycles. The van der Waals surface area contributed by atoms with Gasteiger partial charge in [0.05, 0.1) is 23.9 Å². The molecule has 5 atom stereocenters. The summed E-state index contributed by atoms with van der Waals surface area (Å²) in [5, 5.41) is 9.18. The van der Waals surface area contributed by atoms with Crippen LogP contribution >= 0.6 is 0 Å². The normalized spacial score (nSPS) is 23.7. The van der Waals surface area contributed by atoms with Crippen LogP contribution < -0.4 is 16.1 Å². The molecule has 3 N–H and O–H groups in total. The lowest BCUT2D eigenvalue weighted by Gasteiger charge is -2.37. The fourth-order valence-electron chi connectivity index (χ4n) is 10.8. The molecule has 0 spiro atoms. The van der Waals surface area contributed by atoms with Gasteiger partial charge in [0.25, 0.3) is 5.91 Å². The van der Waals surface area contributed by atoms with Crippen LogP contribution in [0.25, 0.3) is 33.3 Å². The number of rotatable bonds is 8. The highest BCUT2D eigenvalue weighted by Crippen LogP contribution is 2.42. The summed E-state index contributed by atoms with van der Waals surface area (Å²) in [6, 6.07) is 16.7. The van der Waals surface area contributed by atoms with Crippen LogP contribution in [0.4, 0.5) is 0 Å². The second-order valence-electron chi connectivity index (χ2n) is 19.8. The first-order valence-corrected chi connectivity index (χ1v) is 23.5. The highest BCUT2D eigenvalue weighted by atomic mass is 16.5. The molecule has 6 bridgehead atoms. The summed E-state index contributed by atoms with van der Waals surface area (Å²) < 4.78 is 8.55. The van der Waals surface area contributed by atoms with Gasteiger partial charge in [-0.3, -0.25) is 29.2 Å². The van der Waals surface area contributed by atoms with E-state index in [1.165, 1.54) is 10.6 Å². The Hall–Kier alpha value is -5.07. The summed E-state index contributed by atoms with van der Waals surface area (Å²) in [5.41, 5.74) is 11.3. The smallest absolute Gasteiger partial charge is 0.324 e. The van der Waals surface area contributed by atoms with Crippen LogP contribution in [0.15, 0.2) is 60.8 Å². The molecule has 5 heterocycles. The predicted octanol–water partition coefficient (Wildman–Crippen LogP) is 7.03. The molecule has 336 valence electrons. The highest BCUT2D eigenvalue weighted by Gasteiger charge is 2.42. The lowest BCUT2D eigenvalue weighted by atomic mass is 9.83. The van der Waals surface area contributed by atoms with E-state index in [0.29, 0.717) is 32.4 Å². The Morgan fingerprint density at radius 3 is 2.51 bits per heavy atom. The van der Waals surface area contributed by atoms with Crippen molar-refractivity contribution in [3.63, 3.8) is 0 Å². The van der Waals surface area contributed by atoms with Crippen molar-refractivity contribution >= 4 is 34.6 Å².